The van der Waals surface area contributed by atoms with Crippen molar-refractivity contribution in [1.82, 2.24) is 4.98 Å². The Kier molecular flexibility index (Phi) is 3.21. The number of allylic oxidation sites excluding steroid dienone is 1. The molecule has 4 nitrogen and oxygen atoms in total. The molecule has 0 spiro atoms. The number of hydrogen-bond donors (Lipinski definition) is 1. The van der Waals surface area contributed by atoms with Crippen molar-refractivity contribution in [2.45, 2.75) is 12.8 Å². The molecule has 1 atom stereocenters. The van der Waals surface area contributed by atoms with Crippen molar-refractivity contribution in [3.8, 4) is 11.8 Å². The quantitative estimate of drug-likeness (QED) is 0.742. The Hall–Kier alpha value is -3.32. The van der Waals surface area contributed by atoms with E-state index in [1.165, 1.54) is 5.56 Å². The van der Waals surface area contributed by atoms with Crippen LogP contribution in [0.15, 0.2) is 66.2 Å². The first-order valence-corrected chi connectivity index (χ1v) is 7.71. The van der Waals surface area contributed by atoms with Gasteiger partial charge >= 0.3 is 0 Å². The first-order chi connectivity index (χ1) is 11.7. The number of fused-ring (bicyclic) bond motifs is 3. The summed E-state index contributed by atoms with van der Waals surface area (Å²) in [6, 6.07) is 18.2. The van der Waals surface area contributed by atoms with Crippen LogP contribution >= 0.6 is 0 Å². The molecule has 0 radical (unpaired) electrons. The van der Waals surface area contributed by atoms with Crippen LogP contribution < -0.4 is 10.5 Å². The maximum atomic E-state index is 9.60. The van der Waals surface area contributed by atoms with Crippen LogP contribution in [0.25, 0.3) is 10.9 Å². The topological polar surface area (TPSA) is 71.9 Å². The van der Waals surface area contributed by atoms with E-state index in [0.29, 0.717) is 11.3 Å². The highest BCUT2D eigenvalue weighted by Gasteiger charge is 2.31. The number of rotatable bonds is 1. The van der Waals surface area contributed by atoms with Crippen LogP contribution in [0.5, 0.6) is 5.75 Å². The van der Waals surface area contributed by atoms with Gasteiger partial charge in [-0.05, 0) is 18.6 Å². The predicted octanol–water partition coefficient (Wildman–Crippen LogP) is 3.76. The van der Waals surface area contributed by atoms with Gasteiger partial charge in [0.2, 0.25) is 5.88 Å². The Morgan fingerprint density at radius 2 is 1.92 bits per heavy atom. The minimum absolute atomic E-state index is 0.147. The van der Waals surface area contributed by atoms with E-state index in [0.717, 1.165) is 22.0 Å². The highest BCUT2D eigenvalue weighted by Crippen LogP contribution is 2.44. The molecule has 2 aromatic carbocycles. The number of benzene rings is 2. The van der Waals surface area contributed by atoms with Gasteiger partial charge in [0.25, 0.3) is 0 Å². The van der Waals surface area contributed by atoms with E-state index in [9.17, 15) is 5.26 Å². The molecule has 24 heavy (non-hydrogen) atoms. The lowest BCUT2D eigenvalue weighted by atomic mass is 9.83. The van der Waals surface area contributed by atoms with Crippen LogP contribution in [0.2, 0.25) is 0 Å². The summed E-state index contributed by atoms with van der Waals surface area (Å²) in [4.78, 5) is 4.44. The number of nitriles is 1. The molecule has 1 aliphatic rings. The fourth-order valence-corrected chi connectivity index (χ4v) is 3.16. The molecule has 2 N–H and O–H groups in total. The normalized spacial score (nSPS) is 16.4. The maximum absolute atomic E-state index is 9.60. The average Bonchev–Trinajstić information content (AvgIpc) is 2.61. The molecule has 0 aliphatic carbocycles. The van der Waals surface area contributed by atoms with Gasteiger partial charge < -0.3 is 10.5 Å². The first-order valence-electron chi connectivity index (χ1n) is 7.71. The fraction of sp³-hybridized carbons (Fsp3) is 0.100. The minimum Gasteiger partial charge on any atom is -0.438 e. The van der Waals surface area contributed by atoms with Crippen molar-refractivity contribution in [3.63, 3.8) is 0 Å². The van der Waals surface area contributed by atoms with Gasteiger partial charge in [-0.1, -0.05) is 48.0 Å². The van der Waals surface area contributed by atoms with E-state index >= 15 is 0 Å². The van der Waals surface area contributed by atoms with E-state index in [-0.39, 0.29) is 11.8 Å². The van der Waals surface area contributed by atoms with Gasteiger partial charge in [0, 0.05) is 17.1 Å². The molecular weight excluding hydrogens is 298 g/mol. The fourth-order valence-electron chi connectivity index (χ4n) is 3.16. The third-order valence-electron chi connectivity index (χ3n) is 4.37. The molecule has 0 bridgehead atoms. The number of nitrogens with zero attached hydrogens (tertiary/aromatic N) is 2. The number of nitrogens with two attached hydrogens (primary N) is 1. The zero-order valence-corrected chi connectivity index (χ0v) is 13.2. The van der Waals surface area contributed by atoms with Crippen LogP contribution in [0, 0.1) is 18.3 Å². The van der Waals surface area contributed by atoms with Gasteiger partial charge in [0.1, 0.15) is 17.2 Å². The van der Waals surface area contributed by atoms with Crippen LogP contribution in [-0.4, -0.2) is 4.98 Å². The molecule has 3 aromatic rings. The molecule has 4 heteroatoms. The Labute approximate surface area is 139 Å². The van der Waals surface area contributed by atoms with Crippen LogP contribution in [0.3, 0.4) is 0 Å². The van der Waals surface area contributed by atoms with Crippen molar-refractivity contribution < 1.29 is 4.74 Å². The van der Waals surface area contributed by atoms with Crippen molar-refractivity contribution >= 4 is 10.9 Å². The van der Waals surface area contributed by atoms with Gasteiger partial charge in [-0.15, -0.1) is 0 Å². The summed E-state index contributed by atoms with van der Waals surface area (Å²) < 4.78 is 5.80. The Morgan fingerprint density at radius 3 is 2.67 bits per heavy atom. The number of hydrogen-bond acceptors (Lipinski definition) is 4. The number of aryl methyl sites for hydroxylation is 1. The van der Waals surface area contributed by atoms with Crippen molar-refractivity contribution in [2.75, 3.05) is 0 Å². The van der Waals surface area contributed by atoms with Gasteiger partial charge in [-0.2, -0.15) is 5.26 Å². The molecule has 4 rings (SSSR count). The lowest BCUT2D eigenvalue weighted by molar-refractivity contribution is 0.397. The van der Waals surface area contributed by atoms with Crippen molar-refractivity contribution in [3.05, 3.63) is 82.9 Å². The third kappa shape index (κ3) is 2.10. The molecule has 0 unspecified atom stereocenters. The van der Waals surface area contributed by atoms with Crippen molar-refractivity contribution in [2.24, 2.45) is 5.73 Å². The molecule has 0 fully saturated rings. The Balaban J connectivity index is 2.00. The summed E-state index contributed by atoms with van der Waals surface area (Å²) in [7, 11) is 0. The van der Waals surface area contributed by atoms with E-state index in [1.54, 1.807) is 6.20 Å². The van der Waals surface area contributed by atoms with Crippen molar-refractivity contribution in [1.29, 1.82) is 5.26 Å². The number of pyridine rings is 1. The lowest BCUT2D eigenvalue weighted by Gasteiger charge is -2.27. The number of aromatic nitrogens is 1. The Bertz CT molecular complexity index is 1010. The summed E-state index contributed by atoms with van der Waals surface area (Å²) in [6.45, 7) is 2.04. The SMILES string of the molecule is Cc1ccc([C@@H]2C(C#N)=C(N)Oc3c2ccc2cccnc32)cc1. The summed E-state index contributed by atoms with van der Waals surface area (Å²) in [5.41, 5.74) is 10.3. The van der Waals surface area contributed by atoms with E-state index in [2.05, 4.69) is 11.1 Å². The maximum Gasteiger partial charge on any atom is 0.205 e. The standard InChI is InChI=1S/C20H15N3O/c1-12-4-6-13(7-5-12)17-15-9-8-14-3-2-10-23-18(14)19(15)24-20(22)16(17)11-21/h2-10,17H,22H2,1H3/t17-/m0/s1. The average molecular weight is 313 g/mol. The second kappa shape index (κ2) is 5.39. The van der Waals surface area contributed by atoms with Gasteiger partial charge in [0.15, 0.2) is 5.75 Å². The smallest absolute Gasteiger partial charge is 0.205 e. The van der Waals surface area contributed by atoms with E-state index in [1.807, 2.05) is 55.5 Å². The summed E-state index contributed by atoms with van der Waals surface area (Å²) in [5, 5.41) is 10.6. The van der Waals surface area contributed by atoms with Gasteiger partial charge in [-0.3, -0.25) is 4.98 Å². The summed E-state index contributed by atoms with van der Waals surface area (Å²) in [6.07, 6.45) is 1.73. The largest absolute Gasteiger partial charge is 0.438 e. The molecule has 0 saturated heterocycles. The lowest BCUT2D eigenvalue weighted by Crippen LogP contribution is -2.21. The van der Waals surface area contributed by atoms with Crippen LogP contribution in [0.4, 0.5) is 0 Å². The summed E-state index contributed by atoms with van der Waals surface area (Å²) in [5.74, 6) is 0.537. The number of ether oxygens (including phenoxy) is 1. The van der Waals surface area contributed by atoms with Gasteiger partial charge in [-0.25, -0.2) is 0 Å². The molecule has 1 aliphatic heterocycles. The molecule has 0 saturated carbocycles. The monoisotopic (exact) mass is 313 g/mol. The molecule has 0 amide bonds. The molecule has 1 aromatic heterocycles. The van der Waals surface area contributed by atoms with Gasteiger partial charge in [0.05, 0.1) is 5.92 Å². The zero-order valence-electron chi connectivity index (χ0n) is 13.2. The minimum atomic E-state index is -0.245. The highest BCUT2D eigenvalue weighted by molar-refractivity contribution is 5.87. The second-order valence-electron chi connectivity index (χ2n) is 5.89. The van der Waals surface area contributed by atoms with Crippen LogP contribution in [0.1, 0.15) is 22.6 Å². The predicted molar refractivity (Wildman–Crippen MR) is 92.2 cm³/mol. The molecule has 116 valence electrons. The third-order valence-corrected chi connectivity index (χ3v) is 4.37. The molecular formula is C20H15N3O. The summed E-state index contributed by atoms with van der Waals surface area (Å²) >= 11 is 0. The highest BCUT2D eigenvalue weighted by atomic mass is 16.5. The van der Waals surface area contributed by atoms with E-state index < -0.39 is 0 Å². The zero-order chi connectivity index (χ0) is 16.7. The second-order valence-corrected chi connectivity index (χ2v) is 5.89. The first kappa shape index (κ1) is 14.3. The van der Waals surface area contributed by atoms with Crippen LogP contribution in [-0.2, 0) is 0 Å². The van der Waals surface area contributed by atoms with E-state index in [4.69, 9.17) is 10.5 Å². The molecule has 2 heterocycles. The Morgan fingerprint density at radius 1 is 1.12 bits per heavy atom.